The normalized spacial score (nSPS) is 16.1. The maximum atomic E-state index is 12.8. The summed E-state index contributed by atoms with van der Waals surface area (Å²) in [5.41, 5.74) is 1.55. The number of aliphatic hydroxyl groups excluding tert-OH is 1. The number of carbonyl (C=O) groups is 3. The number of aromatic carboxylic acids is 1. The SMILES string of the molecule is CC(C)(C)OC(=O)N1Cc2ccccc2C[C@H]1[C@H](O)CNC(=O)c1ccc(C(=O)[O-])cc1.[Li+]. The zero-order valence-electron chi connectivity index (χ0n) is 19.3. The van der Waals surface area contributed by atoms with Crippen LogP contribution in [-0.4, -0.2) is 52.3 Å². The van der Waals surface area contributed by atoms with Crippen molar-refractivity contribution in [3.05, 3.63) is 70.8 Å². The molecule has 0 spiro atoms. The first-order valence-electron chi connectivity index (χ1n) is 10.4. The molecule has 0 bridgehead atoms. The summed E-state index contributed by atoms with van der Waals surface area (Å²) in [6.07, 6.45) is -1.14. The third-order valence-corrected chi connectivity index (χ3v) is 5.22. The molecule has 1 heterocycles. The first-order valence-corrected chi connectivity index (χ1v) is 10.4. The molecule has 9 heteroatoms. The van der Waals surface area contributed by atoms with Crippen molar-refractivity contribution in [2.45, 2.75) is 51.5 Å². The van der Waals surface area contributed by atoms with Crippen LogP contribution in [0, 0.1) is 0 Å². The van der Waals surface area contributed by atoms with Crippen LogP contribution >= 0.6 is 0 Å². The van der Waals surface area contributed by atoms with Gasteiger partial charge in [0.25, 0.3) is 5.91 Å². The maximum Gasteiger partial charge on any atom is 1.00 e. The van der Waals surface area contributed by atoms with Crippen molar-refractivity contribution in [3.63, 3.8) is 0 Å². The molecule has 0 unspecified atom stereocenters. The molecule has 3 rings (SSSR count). The molecule has 8 nitrogen and oxygen atoms in total. The van der Waals surface area contributed by atoms with Gasteiger partial charge in [0.2, 0.25) is 0 Å². The van der Waals surface area contributed by atoms with E-state index in [-0.39, 0.29) is 36.5 Å². The number of nitrogens with one attached hydrogen (secondary N) is 1. The summed E-state index contributed by atoms with van der Waals surface area (Å²) in [7, 11) is 0. The number of nitrogens with zero attached hydrogens (tertiary/aromatic N) is 1. The number of amides is 2. The summed E-state index contributed by atoms with van der Waals surface area (Å²) in [5, 5.41) is 24.4. The van der Waals surface area contributed by atoms with Crippen LogP contribution in [0.4, 0.5) is 4.79 Å². The van der Waals surface area contributed by atoms with E-state index in [0.717, 1.165) is 11.1 Å². The van der Waals surface area contributed by atoms with E-state index in [1.165, 1.54) is 29.2 Å². The summed E-state index contributed by atoms with van der Waals surface area (Å²) < 4.78 is 5.53. The smallest absolute Gasteiger partial charge is 0.545 e. The van der Waals surface area contributed by atoms with Crippen LogP contribution in [0.3, 0.4) is 0 Å². The van der Waals surface area contributed by atoms with E-state index in [9.17, 15) is 24.6 Å². The molecule has 0 saturated carbocycles. The molecule has 0 fully saturated rings. The second-order valence-corrected chi connectivity index (χ2v) is 8.79. The zero-order chi connectivity index (χ0) is 23.5. The Bertz CT molecular complexity index is 1000. The standard InChI is InChI=1S/C24H28N2O6.Li/c1-24(2,3)32-23(31)26-14-18-7-5-4-6-17(18)12-19(26)20(27)13-25-21(28)15-8-10-16(11-9-15)22(29)30;/h4-11,19-20,27H,12-14H2,1-3H3,(H,25,28)(H,29,30);/q;+1/p-1/t19-,20+;/m0./s1. The summed E-state index contributed by atoms with van der Waals surface area (Å²) >= 11 is 0. The van der Waals surface area contributed by atoms with Crippen LogP contribution in [0.25, 0.3) is 0 Å². The number of aliphatic hydroxyl groups is 1. The van der Waals surface area contributed by atoms with E-state index in [0.29, 0.717) is 13.0 Å². The number of hydrogen-bond acceptors (Lipinski definition) is 6. The molecule has 2 amide bonds. The van der Waals surface area contributed by atoms with Crippen molar-refractivity contribution < 1.29 is 48.2 Å². The molecule has 33 heavy (non-hydrogen) atoms. The van der Waals surface area contributed by atoms with E-state index >= 15 is 0 Å². The van der Waals surface area contributed by atoms with Crippen LogP contribution in [0.2, 0.25) is 0 Å². The van der Waals surface area contributed by atoms with Gasteiger partial charge in [-0.3, -0.25) is 9.69 Å². The van der Waals surface area contributed by atoms with E-state index in [1.807, 2.05) is 24.3 Å². The van der Waals surface area contributed by atoms with E-state index < -0.39 is 35.7 Å². The molecule has 0 saturated heterocycles. The Labute approximate surface area is 205 Å². The van der Waals surface area contributed by atoms with Crippen molar-refractivity contribution in [3.8, 4) is 0 Å². The minimum Gasteiger partial charge on any atom is -0.545 e. The minimum absolute atomic E-state index is 0. The van der Waals surface area contributed by atoms with Crippen LogP contribution in [0.15, 0.2) is 48.5 Å². The van der Waals surface area contributed by atoms with Crippen LogP contribution in [0.5, 0.6) is 0 Å². The molecular weight excluding hydrogens is 419 g/mol. The molecule has 2 N–H and O–H groups in total. The molecule has 1 aliphatic heterocycles. The topological polar surface area (TPSA) is 119 Å². The number of carboxylic acids is 1. The Morgan fingerprint density at radius 3 is 2.24 bits per heavy atom. The largest absolute Gasteiger partial charge is 1.00 e. The van der Waals surface area contributed by atoms with E-state index in [2.05, 4.69) is 5.32 Å². The van der Waals surface area contributed by atoms with Crippen molar-refractivity contribution in [2.75, 3.05) is 6.54 Å². The third-order valence-electron chi connectivity index (χ3n) is 5.22. The van der Waals surface area contributed by atoms with E-state index in [1.54, 1.807) is 20.8 Å². The van der Waals surface area contributed by atoms with Gasteiger partial charge in [-0.15, -0.1) is 0 Å². The summed E-state index contributed by atoms with van der Waals surface area (Å²) in [6.45, 7) is 5.54. The van der Waals surface area contributed by atoms with Gasteiger partial charge in [-0.05, 0) is 56.0 Å². The molecular formula is C24H27LiN2O6. The summed E-state index contributed by atoms with van der Waals surface area (Å²) in [5.74, 6) is -1.79. The van der Waals surface area contributed by atoms with Crippen LogP contribution < -0.4 is 29.3 Å². The number of benzene rings is 2. The average Bonchev–Trinajstić information content (AvgIpc) is 2.75. The van der Waals surface area contributed by atoms with Crippen molar-refractivity contribution in [1.82, 2.24) is 10.2 Å². The molecule has 2 aromatic rings. The fourth-order valence-electron chi connectivity index (χ4n) is 3.60. The van der Waals surface area contributed by atoms with Gasteiger partial charge in [0.05, 0.1) is 18.1 Å². The monoisotopic (exact) mass is 446 g/mol. The Balaban J connectivity index is 0.00000385. The van der Waals surface area contributed by atoms with E-state index in [4.69, 9.17) is 4.74 Å². The molecule has 170 valence electrons. The second-order valence-electron chi connectivity index (χ2n) is 8.79. The fourth-order valence-corrected chi connectivity index (χ4v) is 3.60. The van der Waals surface area contributed by atoms with Crippen LogP contribution in [0.1, 0.15) is 52.6 Å². The van der Waals surface area contributed by atoms with Gasteiger partial charge in [0.1, 0.15) is 5.60 Å². The zero-order valence-corrected chi connectivity index (χ0v) is 19.3. The van der Waals surface area contributed by atoms with Gasteiger partial charge in [-0.1, -0.05) is 36.4 Å². The third kappa shape index (κ3) is 6.84. The predicted octanol–water partition coefficient (Wildman–Crippen LogP) is -1.49. The number of ether oxygens (including phenoxy) is 1. The second kappa shape index (κ2) is 10.9. The number of hydrogen-bond donors (Lipinski definition) is 2. The molecule has 2 atom stereocenters. The van der Waals surface area contributed by atoms with Crippen molar-refractivity contribution in [2.24, 2.45) is 0 Å². The Kier molecular flexibility index (Phi) is 8.73. The van der Waals surface area contributed by atoms with Crippen molar-refractivity contribution >= 4 is 18.0 Å². The molecule has 1 aliphatic rings. The van der Waals surface area contributed by atoms with Crippen molar-refractivity contribution in [1.29, 1.82) is 0 Å². The van der Waals surface area contributed by atoms with Gasteiger partial charge in [-0.2, -0.15) is 0 Å². The van der Waals surface area contributed by atoms with Gasteiger partial charge in [0.15, 0.2) is 0 Å². The predicted molar refractivity (Wildman–Crippen MR) is 115 cm³/mol. The number of carbonyl (C=O) groups excluding carboxylic acids is 3. The Morgan fingerprint density at radius 1 is 1.09 bits per heavy atom. The molecule has 0 aliphatic carbocycles. The van der Waals surface area contributed by atoms with Gasteiger partial charge in [-0.25, -0.2) is 4.79 Å². The first-order chi connectivity index (χ1) is 15.0. The minimum atomic E-state index is -1.33. The first kappa shape index (κ1) is 26.5. The number of fused-ring (bicyclic) bond motifs is 1. The maximum absolute atomic E-state index is 12.8. The van der Waals surface area contributed by atoms with Gasteiger partial charge in [0, 0.05) is 18.7 Å². The van der Waals surface area contributed by atoms with Gasteiger partial charge >= 0.3 is 25.0 Å². The Morgan fingerprint density at radius 2 is 1.67 bits per heavy atom. The summed E-state index contributed by atoms with van der Waals surface area (Å²) in [6, 6.07) is 12.4. The quantitative estimate of drug-likeness (QED) is 0.540. The molecule has 0 radical (unpaired) electrons. The molecule has 0 aromatic heterocycles. The number of carboxylic acid groups (broad SMARTS) is 1. The summed E-state index contributed by atoms with van der Waals surface area (Å²) in [4.78, 5) is 37.6. The fraction of sp³-hybridized carbons (Fsp3) is 0.375. The average molecular weight is 446 g/mol. The number of rotatable bonds is 5. The van der Waals surface area contributed by atoms with Gasteiger partial charge < -0.3 is 25.1 Å². The van der Waals surface area contributed by atoms with Crippen LogP contribution in [-0.2, 0) is 17.7 Å². The Hall–Kier alpha value is -2.79. The molecule has 2 aromatic carbocycles.